The van der Waals surface area contributed by atoms with Crippen molar-refractivity contribution in [3.05, 3.63) is 83.9 Å². The van der Waals surface area contributed by atoms with Crippen molar-refractivity contribution in [2.24, 2.45) is 0 Å². The second-order valence-electron chi connectivity index (χ2n) is 14.9. The van der Waals surface area contributed by atoms with Gasteiger partial charge in [-0.05, 0) is 44.7 Å². The van der Waals surface area contributed by atoms with Crippen molar-refractivity contribution in [2.45, 2.75) is 95.4 Å². The van der Waals surface area contributed by atoms with E-state index in [1.165, 1.54) is 43.0 Å². The number of rotatable bonds is 17. The minimum atomic E-state index is -1.52. The van der Waals surface area contributed by atoms with Crippen molar-refractivity contribution in [2.75, 3.05) is 44.6 Å². The second kappa shape index (κ2) is 19.8. The molecule has 4 aromatic rings. The van der Waals surface area contributed by atoms with E-state index in [-0.39, 0.29) is 47.8 Å². The molecule has 1 aliphatic carbocycles. The molecule has 0 radical (unpaired) electrons. The lowest BCUT2D eigenvalue weighted by atomic mass is 9.91. The molecule has 16 heteroatoms. The quantitative estimate of drug-likeness (QED) is 0.0775. The van der Waals surface area contributed by atoms with Crippen molar-refractivity contribution in [3.63, 3.8) is 0 Å². The summed E-state index contributed by atoms with van der Waals surface area (Å²) in [6.45, 7) is 8.36. The van der Waals surface area contributed by atoms with E-state index in [1.807, 2.05) is 60.7 Å². The molecule has 2 aromatic carbocycles. The fraction of sp³-hybridized carbons (Fsp3) is 0.512. The summed E-state index contributed by atoms with van der Waals surface area (Å²) in [6, 6.07) is 20.6. The molecule has 2 aliphatic rings. The van der Waals surface area contributed by atoms with Gasteiger partial charge in [-0.15, -0.1) is 0 Å². The van der Waals surface area contributed by atoms with E-state index in [0.29, 0.717) is 31.7 Å². The Balaban J connectivity index is 1.16. The van der Waals surface area contributed by atoms with Gasteiger partial charge in [0.15, 0.2) is 29.3 Å². The SMILES string of the molecule is CCNC(=O)C1OC(n2cnc3c(NCC(c4ccccc4)c4ccccc4)nc(C(=O)NCCNC(=O)NCCN(C(C)C)C4CCCCC4)nc32)C(O)C1O. The second-order valence-corrected chi connectivity index (χ2v) is 14.9. The Kier molecular flexibility index (Phi) is 14.4. The number of ether oxygens (including phenoxy) is 1. The largest absolute Gasteiger partial charge is 0.387 e. The topological polar surface area (TPSA) is 208 Å². The van der Waals surface area contributed by atoms with Gasteiger partial charge in [-0.3, -0.25) is 19.1 Å². The van der Waals surface area contributed by atoms with Crippen LogP contribution >= 0.6 is 0 Å². The smallest absolute Gasteiger partial charge is 0.314 e. The van der Waals surface area contributed by atoms with Crippen LogP contribution in [0.15, 0.2) is 67.0 Å². The monoisotopic (exact) mass is 784 g/mol. The Labute approximate surface area is 333 Å². The maximum Gasteiger partial charge on any atom is 0.314 e. The molecule has 1 aliphatic heterocycles. The zero-order valence-electron chi connectivity index (χ0n) is 32.9. The van der Waals surface area contributed by atoms with Crippen molar-refractivity contribution >= 4 is 34.8 Å². The molecule has 16 nitrogen and oxygen atoms in total. The average Bonchev–Trinajstić information content (AvgIpc) is 3.78. The molecule has 1 saturated heterocycles. The summed E-state index contributed by atoms with van der Waals surface area (Å²) in [7, 11) is 0. The van der Waals surface area contributed by atoms with Gasteiger partial charge < -0.3 is 41.5 Å². The maximum absolute atomic E-state index is 13.6. The lowest BCUT2D eigenvalue weighted by Gasteiger charge is -2.37. The van der Waals surface area contributed by atoms with E-state index in [0.717, 1.165) is 17.7 Å². The predicted octanol–water partition coefficient (Wildman–Crippen LogP) is 2.90. The number of benzene rings is 2. The maximum atomic E-state index is 13.6. The number of urea groups is 1. The highest BCUT2D eigenvalue weighted by Gasteiger charge is 2.47. The minimum Gasteiger partial charge on any atom is -0.387 e. The molecule has 0 bridgehead atoms. The molecule has 3 heterocycles. The predicted molar refractivity (Wildman–Crippen MR) is 216 cm³/mol. The summed E-state index contributed by atoms with van der Waals surface area (Å²) in [5, 5.41) is 36.3. The first-order valence-corrected chi connectivity index (χ1v) is 20.1. The summed E-state index contributed by atoms with van der Waals surface area (Å²) < 4.78 is 7.26. The Morgan fingerprint density at radius 1 is 0.860 bits per heavy atom. The van der Waals surface area contributed by atoms with Gasteiger partial charge in [0.25, 0.3) is 11.8 Å². The standard InChI is InChI=1S/C41H56N10O6/c1-4-42-38(54)34-32(52)33(53)40(57-34)51-25-47-31-35(46-24-30(27-14-8-5-9-15-27)28-16-10-6-11-17-28)48-36(49-37(31)51)39(55)43-20-21-44-41(56)45-22-23-50(26(2)3)29-18-12-7-13-19-29/h5-6,8-11,14-17,25-26,29-30,32-34,40,52-53H,4,7,12-13,18-24H2,1-3H3,(H,42,54)(H,43,55)(H2,44,45,56)(H,46,48,49). The summed E-state index contributed by atoms with van der Waals surface area (Å²) in [5.74, 6) is -1.21. The molecule has 1 saturated carbocycles. The highest BCUT2D eigenvalue weighted by molar-refractivity contribution is 5.94. The number of carbonyl (C=O) groups excluding carboxylic acids is 3. The van der Waals surface area contributed by atoms with Gasteiger partial charge in [0.1, 0.15) is 12.2 Å². The number of aliphatic hydroxyl groups excluding tert-OH is 2. The van der Waals surface area contributed by atoms with Crippen molar-refractivity contribution < 1.29 is 29.3 Å². The molecule has 2 aromatic heterocycles. The van der Waals surface area contributed by atoms with Gasteiger partial charge in [0.2, 0.25) is 5.82 Å². The van der Waals surface area contributed by atoms with Gasteiger partial charge in [0, 0.05) is 57.3 Å². The van der Waals surface area contributed by atoms with Crippen LogP contribution in [-0.4, -0.2) is 122 Å². The number of hydrogen-bond acceptors (Lipinski definition) is 11. The molecule has 6 rings (SSSR count). The first-order valence-electron chi connectivity index (χ1n) is 20.1. The van der Waals surface area contributed by atoms with Crippen LogP contribution in [0.4, 0.5) is 10.6 Å². The third-order valence-corrected chi connectivity index (χ3v) is 10.7. The summed E-state index contributed by atoms with van der Waals surface area (Å²) in [5.41, 5.74) is 2.56. The van der Waals surface area contributed by atoms with Gasteiger partial charge in [-0.1, -0.05) is 79.9 Å². The number of anilines is 1. The van der Waals surface area contributed by atoms with Crippen LogP contribution in [0.3, 0.4) is 0 Å². The van der Waals surface area contributed by atoms with Crippen LogP contribution in [0.2, 0.25) is 0 Å². The van der Waals surface area contributed by atoms with Crippen LogP contribution in [0.1, 0.15) is 86.8 Å². The normalized spacial score (nSPS) is 19.9. The van der Waals surface area contributed by atoms with E-state index in [2.05, 4.69) is 60.3 Å². The Morgan fingerprint density at radius 2 is 1.51 bits per heavy atom. The zero-order valence-corrected chi connectivity index (χ0v) is 32.9. The number of nitrogens with zero attached hydrogens (tertiary/aromatic N) is 5. The number of hydrogen-bond donors (Lipinski definition) is 7. The fourth-order valence-electron chi connectivity index (χ4n) is 7.77. The summed E-state index contributed by atoms with van der Waals surface area (Å²) in [6.07, 6.45) is 1.95. The molecule has 4 atom stereocenters. The highest BCUT2D eigenvalue weighted by atomic mass is 16.6. The van der Waals surface area contributed by atoms with E-state index < -0.39 is 36.4 Å². The number of imidazole rings is 1. The van der Waals surface area contributed by atoms with E-state index in [9.17, 15) is 24.6 Å². The average molecular weight is 785 g/mol. The Morgan fingerprint density at radius 3 is 2.16 bits per heavy atom. The molecule has 57 heavy (non-hydrogen) atoms. The number of fused-ring (bicyclic) bond motifs is 1. The van der Waals surface area contributed by atoms with Crippen molar-refractivity contribution in [3.8, 4) is 0 Å². The lowest BCUT2D eigenvalue weighted by Crippen LogP contribution is -2.47. The number of aromatic nitrogens is 4. The van der Waals surface area contributed by atoms with Crippen molar-refractivity contribution in [1.82, 2.24) is 45.7 Å². The van der Waals surface area contributed by atoms with E-state index in [1.54, 1.807) is 6.92 Å². The first kappa shape index (κ1) is 41.5. The fourth-order valence-corrected chi connectivity index (χ4v) is 7.77. The number of nitrogens with one attached hydrogen (secondary N) is 5. The summed E-state index contributed by atoms with van der Waals surface area (Å²) >= 11 is 0. The molecular formula is C41H56N10O6. The van der Waals surface area contributed by atoms with Gasteiger partial charge in [-0.2, -0.15) is 0 Å². The molecule has 0 spiro atoms. The van der Waals surface area contributed by atoms with Crippen LogP contribution in [0, 0.1) is 0 Å². The van der Waals surface area contributed by atoms with Crippen LogP contribution in [0.25, 0.3) is 11.2 Å². The van der Waals surface area contributed by atoms with Crippen LogP contribution < -0.4 is 26.6 Å². The molecule has 7 N–H and O–H groups in total. The third-order valence-electron chi connectivity index (χ3n) is 10.7. The van der Waals surface area contributed by atoms with E-state index >= 15 is 0 Å². The van der Waals surface area contributed by atoms with Gasteiger partial charge in [-0.25, -0.2) is 19.7 Å². The number of carbonyl (C=O) groups is 3. The van der Waals surface area contributed by atoms with Gasteiger partial charge >= 0.3 is 6.03 Å². The van der Waals surface area contributed by atoms with Crippen LogP contribution in [0.5, 0.6) is 0 Å². The Bertz CT molecular complexity index is 1880. The Hall–Kier alpha value is -5.16. The minimum absolute atomic E-state index is 0.0947. The zero-order chi connectivity index (χ0) is 40.3. The molecule has 306 valence electrons. The number of amides is 4. The van der Waals surface area contributed by atoms with Crippen LogP contribution in [-0.2, 0) is 9.53 Å². The molecule has 4 amide bonds. The first-order chi connectivity index (χ1) is 27.7. The molecule has 2 fully saturated rings. The van der Waals surface area contributed by atoms with E-state index in [4.69, 9.17) is 4.74 Å². The lowest BCUT2D eigenvalue weighted by molar-refractivity contribution is -0.137. The molecule has 4 unspecified atom stereocenters. The highest BCUT2D eigenvalue weighted by Crippen LogP contribution is 2.33. The molecular weight excluding hydrogens is 729 g/mol. The third kappa shape index (κ3) is 10.2. The van der Waals surface area contributed by atoms with Gasteiger partial charge in [0.05, 0.1) is 6.33 Å². The summed E-state index contributed by atoms with van der Waals surface area (Å²) in [4.78, 5) is 55.0. The number of aliphatic hydroxyl groups is 2. The number of likely N-dealkylation sites (N-methyl/N-ethyl adjacent to an activating group) is 1. The van der Waals surface area contributed by atoms with Crippen molar-refractivity contribution in [1.29, 1.82) is 0 Å².